The molecule has 0 bridgehead atoms. The van der Waals surface area contributed by atoms with Crippen molar-refractivity contribution in [1.82, 2.24) is 20.0 Å². The van der Waals surface area contributed by atoms with Crippen LogP contribution in [0.5, 0.6) is 0 Å². The van der Waals surface area contributed by atoms with Gasteiger partial charge >= 0.3 is 0 Å². The van der Waals surface area contributed by atoms with Crippen LogP contribution in [-0.2, 0) is 6.42 Å². The van der Waals surface area contributed by atoms with Crippen molar-refractivity contribution in [3.05, 3.63) is 36.2 Å². The molecule has 0 aliphatic heterocycles. The molecule has 4 rings (SSSR count). The SMILES string of the molecule is CCc1nn(C2CCCCC2)c2cc(-c3ccn[nH]3)ccc12. The lowest BCUT2D eigenvalue weighted by Gasteiger charge is -2.22. The average molecular weight is 294 g/mol. The van der Waals surface area contributed by atoms with E-state index in [1.54, 1.807) is 6.20 Å². The van der Waals surface area contributed by atoms with E-state index in [9.17, 15) is 0 Å². The summed E-state index contributed by atoms with van der Waals surface area (Å²) < 4.78 is 2.30. The standard InChI is InChI=1S/C18H22N4/c1-2-16-15-9-8-13(17-10-11-19-20-17)12-18(15)22(21-16)14-6-4-3-5-7-14/h8-12,14H,2-7H2,1H3,(H,19,20). The van der Waals surface area contributed by atoms with E-state index in [2.05, 4.69) is 40.0 Å². The summed E-state index contributed by atoms with van der Waals surface area (Å²) in [5, 5.41) is 13.4. The highest BCUT2D eigenvalue weighted by Gasteiger charge is 2.20. The second kappa shape index (κ2) is 5.59. The lowest BCUT2D eigenvalue weighted by atomic mass is 9.95. The summed E-state index contributed by atoms with van der Waals surface area (Å²) in [7, 11) is 0. The Morgan fingerprint density at radius 2 is 2.05 bits per heavy atom. The largest absolute Gasteiger partial charge is 0.278 e. The quantitative estimate of drug-likeness (QED) is 0.773. The minimum Gasteiger partial charge on any atom is -0.278 e. The number of hydrogen-bond donors (Lipinski definition) is 1. The molecule has 1 N–H and O–H groups in total. The molecule has 1 fully saturated rings. The van der Waals surface area contributed by atoms with Gasteiger partial charge in [0.2, 0.25) is 0 Å². The third-order valence-electron chi connectivity index (χ3n) is 4.85. The van der Waals surface area contributed by atoms with Crippen molar-refractivity contribution in [1.29, 1.82) is 0 Å². The van der Waals surface area contributed by atoms with Gasteiger partial charge in [-0.05, 0) is 31.4 Å². The van der Waals surface area contributed by atoms with Crippen LogP contribution in [-0.4, -0.2) is 20.0 Å². The van der Waals surface area contributed by atoms with E-state index < -0.39 is 0 Å². The molecule has 1 aliphatic carbocycles. The van der Waals surface area contributed by atoms with Gasteiger partial charge in [-0.25, -0.2) is 0 Å². The van der Waals surface area contributed by atoms with E-state index in [1.807, 2.05) is 6.07 Å². The summed E-state index contributed by atoms with van der Waals surface area (Å²) in [5.41, 5.74) is 4.74. The Hall–Kier alpha value is -2.10. The number of fused-ring (bicyclic) bond motifs is 1. The fraction of sp³-hybridized carbons (Fsp3) is 0.444. The molecule has 0 amide bonds. The minimum absolute atomic E-state index is 0.563. The monoisotopic (exact) mass is 294 g/mol. The number of aromatic amines is 1. The Kier molecular flexibility index (Phi) is 3.45. The molecule has 4 nitrogen and oxygen atoms in total. The van der Waals surface area contributed by atoms with Crippen molar-refractivity contribution in [3.8, 4) is 11.3 Å². The number of aromatic nitrogens is 4. The lowest BCUT2D eigenvalue weighted by Crippen LogP contribution is -2.14. The molecule has 0 radical (unpaired) electrons. The first-order chi connectivity index (χ1) is 10.9. The topological polar surface area (TPSA) is 46.5 Å². The van der Waals surface area contributed by atoms with Crippen molar-refractivity contribution in [2.75, 3.05) is 0 Å². The van der Waals surface area contributed by atoms with Gasteiger partial charge in [-0.15, -0.1) is 0 Å². The second-order valence-corrected chi connectivity index (χ2v) is 6.24. The average Bonchev–Trinajstić information content (AvgIpc) is 3.23. The molecule has 4 heteroatoms. The molecule has 2 aromatic heterocycles. The number of hydrogen-bond acceptors (Lipinski definition) is 2. The molecular weight excluding hydrogens is 272 g/mol. The summed E-state index contributed by atoms with van der Waals surface area (Å²) in [6.07, 6.45) is 9.33. The molecule has 0 saturated heterocycles. The molecule has 1 aromatic carbocycles. The zero-order valence-corrected chi connectivity index (χ0v) is 13.0. The van der Waals surface area contributed by atoms with Gasteiger partial charge in [0.1, 0.15) is 0 Å². The maximum atomic E-state index is 4.94. The van der Waals surface area contributed by atoms with Gasteiger partial charge in [-0.2, -0.15) is 10.2 Å². The zero-order chi connectivity index (χ0) is 14.9. The first-order valence-electron chi connectivity index (χ1n) is 8.37. The summed E-state index contributed by atoms with van der Waals surface area (Å²) >= 11 is 0. The fourth-order valence-electron chi connectivity index (χ4n) is 3.65. The van der Waals surface area contributed by atoms with Crippen molar-refractivity contribution in [2.24, 2.45) is 0 Å². The van der Waals surface area contributed by atoms with Crippen LogP contribution in [0, 0.1) is 0 Å². The van der Waals surface area contributed by atoms with Gasteiger partial charge in [0.25, 0.3) is 0 Å². The van der Waals surface area contributed by atoms with Crippen LogP contribution in [0.3, 0.4) is 0 Å². The number of nitrogens with zero attached hydrogens (tertiary/aromatic N) is 3. The highest BCUT2D eigenvalue weighted by atomic mass is 15.3. The molecule has 22 heavy (non-hydrogen) atoms. The third kappa shape index (κ3) is 2.23. The van der Waals surface area contributed by atoms with Crippen molar-refractivity contribution >= 4 is 10.9 Å². The van der Waals surface area contributed by atoms with Gasteiger partial charge in [-0.1, -0.05) is 38.3 Å². The van der Waals surface area contributed by atoms with Crippen LogP contribution in [0.25, 0.3) is 22.2 Å². The summed E-state index contributed by atoms with van der Waals surface area (Å²) in [5.74, 6) is 0. The first-order valence-corrected chi connectivity index (χ1v) is 8.37. The summed E-state index contributed by atoms with van der Waals surface area (Å²) in [6, 6.07) is 9.24. The predicted molar refractivity (Wildman–Crippen MR) is 88.8 cm³/mol. The summed E-state index contributed by atoms with van der Waals surface area (Å²) in [4.78, 5) is 0. The van der Waals surface area contributed by atoms with E-state index in [4.69, 9.17) is 5.10 Å². The molecule has 2 heterocycles. The number of rotatable bonds is 3. The van der Waals surface area contributed by atoms with Crippen LogP contribution in [0.4, 0.5) is 0 Å². The second-order valence-electron chi connectivity index (χ2n) is 6.24. The Morgan fingerprint density at radius 1 is 1.18 bits per heavy atom. The fourth-order valence-corrected chi connectivity index (χ4v) is 3.65. The Bertz CT molecular complexity index is 764. The van der Waals surface area contributed by atoms with E-state index in [1.165, 1.54) is 54.3 Å². The molecule has 0 spiro atoms. The highest BCUT2D eigenvalue weighted by Crippen LogP contribution is 2.33. The molecule has 0 unspecified atom stereocenters. The summed E-state index contributed by atoms with van der Waals surface area (Å²) in [6.45, 7) is 2.19. The Morgan fingerprint density at radius 3 is 2.77 bits per heavy atom. The number of aryl methyl sites for hydroxylation is 1. The smallest absolute Gasteiger partial charge is 0.0700 e. The van der Waals surface area contributed by atoms with E-state index in [-0.39, 0.29) is 0 Å². The third-order valence-corrected chi connectivity index (χ3v) is 4.85. The lowest BCUT2D eigenvalue weighted by molar-refractivity contribution is 0.336. The number of nitrogens with one attached hydrogen (secondary N) is 1. The van der Waals surface area contributed by atoms with Gasteiger partial charge in [0.05, 0.1) is 22.9 Å². The normalized spacial score (nSPS) is 16.4. The molecule has 114 valence electrons. The van der Waals surface area contributed by atoms with Crippen molar-refractivity contribution in [3.63, 3.8) is 0 Å². The van der Waals surface area contributed by atoms with Crippen molar-refractivity contribution in [2.45, 2.75) is 51.5 Å². The van der Waals surface area contributed by atoms with E-state index in [0.717, 1.165) is 12.1 Å². The maximum absolute atomic E-state index is 4.94. The van der Waals surface area contributed by atoms with Gasteiger partial charge in [-0.3, -0.25) is 9.78 Å². The van der Waals surface area contributed by atoms with Crippen LogP contribution in [0.2, 0.25) is 0 Å². The molecule has 0 atom stereocenters. The molecular formula is C18H22N4. The zero-order valence-electron chi connectivity index (χ0n) is 13.0. The van der Waals surface area contributed by atoms with E-state index >= 15 is 0 Å². The predicted octanol–water partition coefficient (Wildman–Crippen LogP) is 4.49. The van der Waals surface area contributed by atoms with E-state index in [0.29, 0.717) is 6.04 Å². The number of H-pyrrole nitrogens is 1. The highest BCUT2D eigenvalue weighted by molar-refractivity contribution is 5.86. The van der Waals surface area contributed by atoms with Crippen LogP contribution < -0.4 is 0 Å². The van der Waals surface area contributed by atoms with Crippen LogP contribution in [0.1, 0.15) is 50.8 Å². The first kappa shape index (κ1) is 13.6. The number of benzene rings is 1. The molecule has 1 aliphatic rings. The van der Waals surface area contributed by atoms with Crippen LogP contribution in [0.15, 0.2) is 30.5 Å². The van der Waals surface area contributed by atoms with Gasteiger partial charge < -0.3 is 0 Å². The van der Waals surface area contributed by atoms with Crippen molar-refractivity contribution < 1.29 is 0 Å². The van der Waals surface area contributed by atoms with Gasteiger partial charge in [0, 0.05) is 17.1 Å². The Labute approximate surface area is 130 Å². The maximum Gasteiger partial charge on any atom is 0.0700 e. The Balaban J connectivity index is 1.85. The van der Waals surface area contributed by atoms with Gasteiger partial charge in [0.15, 0.2) is 0 Å². The van der Waals surface area contributed by atoms with Crippen LogP contribution >= 0.6 is 0 Å². The minimum atomic E-state index is 0.563. The molecule has 1 saturated carbocycles. The molecule has 3 aromatic rings.